The van der Waals surface area contributed by atoms with E-state index in [1.54, 1.807) is 11.3 Å². The quantitative estimate of drug-likeness (QED) is 0.164. The van der Waals surface area contributed by atoms with Crippen LogP contribution in [0.1, 0.15) is 0 Å². The van der Waals surface area contributed by atoms with Crippen molar-refractivity contribution in [2.24, 2.45) is 0 Å². The standard InChI is InChI=1S/C49H31N5S/c1-5-14-32(15-6-1)33-24-26-37(27-25-33)47-52-46(36-20-11-4-12-21-36)53-49(54-47)40-22-13-23-43-45(40)39-29-28-38(30-44(39)55-43)48-50-41(34-16-7-2-8-17-34)31-42(51-48)35-18-9-3-10-19-35/h1-31H. The lowest BCUT2D eigenvalue weighted by atomic mass is 10.0. The Balaban J connectivity index is 1.10. The molecule has 6 heteroatoms. The van der Waals surface area contributed by atoms with Crippen LogP contribution in [0.25, 0.3) is 99.4 Å². The Morgan fingerprint density at radius 3 is 1.35 bits per heavy atom. The van der Waals surface area contributed by atoms with E-state index in [0.717, 1.165) is 70.5 Å². The molecule has 7 aromatic carbocycles. The monoisotopic (exact) mass is 721 g/mol. The van der Waals surface area contributed by atoms with Gasteiger partial charge in [0.25, 0.3) is 0 Å². The summed E-state index contributed by atoms with van der Waals surface area (Å²) in [6.45, 7) is 0. The molecule has 3 aromatic heterocycles. The largest absolute Gasteiger partial charge is 0.228 e. The molecule has 0 saturated heterocycles. The number of hydrogen-bond donors (Lipinski definition) is 0. The number of hydrogen-bond acceptors (Lipinski definition) is 6. The fourth-order valence-electron chi connectivity index (χ4n) is 7.03. The highest BCUT2D eigenvalue weighted by Crippen LogP contribution is 2.41. The smallest absolute Gasteiger partial charge is 0.164 e. The molecule has 0 aliphatic carbocycles. The molecule has 0 aliphatic heterocycles. The molecule has 10 aromatic rings. The van der Waals surface area contributed by atoms with Crippen molar-refractivity contribution in [3.63, 3.8) is 0 Å². The van der Waals surface area contributed by atoms with Gasteiger partial charge in [0, 0.05) is 53.6 Å². The number of fused-ring (bicyclic) bond motifs is 3. The first-order valence-electron chi connectivity index (χ1n) is 18.2. The molecule has 10 rings (SSSR count). The third-order valence-electron chi connectivity index (χ3n) is 9.78. The van der Waals surface area contributed by atoms with Gasteiger partial charge in [0.2, 0.25) is 0 Å². The van der Waals surface area contributed by atoms with Crippen LogP contribution in [0.3, 0.4) is 0 Å². The Hall–Kier alpha value is -7.15. The van der Waals surface area contributed by atoms with E-state index in [2.05, 4.69) is 115 Å². The lowest BCUT2D eigenvalue weighted by Crippen LogP contribution is -2.00. The Morgan fingerprint density at radius 1 is 0.291 bits per heavy atom. The zero-order valence-electron chi connectivity index (χ0n) is 29.5. The Labute approximate surface area is 322 Å². The summed E-state index contributed by atoms with van der Waals surface area (Å²) in [4.78, 5) is 25.4. The summed E-state index contributed by atoms with van der Waals surface area (Å²) in [5.41, 5.74) is 9.98. The van der Waals surface area contributed by atoms with E-state index in [9.17, 15) is 0 Å². The van der Waals surface area contributed by atoms with Gasteiger partial charge in [-0.15, -0.1) is 11.3 Å². The lowest BCUT2D eigenvalue weighted by Gasteiger charge is -2.10. The van der Waals surface area contributed by atoms with Gasteiger partial charge in [-0.05, 0) is 29.3 Å². The second kappa shape index (κ2) is 14.0. The summed E-state index contributed by atoms with van der Waals surface area (Å²) in [7, 11) is 0. The van der Waals surface area contributed by atoms with Crippen LogP contribution in [0.5, 0.6) is 0 Å². The van der Waals surface area contributed by atoms with Gasteiger partial charge in [0.05, 0.1) is 11.4 Å². The maximum absolute atomic E-state index is 5.14. The van der Waals surface area contributed by atoms with Gasteiger partial charge in [0.15, 0.2) is 23.3 Å². The summed E-state index contributed by atoms with van der Waals surface area (Å²) in [5, 5.41) is 2.26. The third-order valence-corrected chi connectivity index (χ3v) is 10.9. The van der Waals surface area contributed by atoms with Crippen LogP contribution < -0.4 is 0 Å². The van der Waals surface area contributed by atoms with E-state index in [0.29, 0.717) is 23.3 Å². The van der Waals surface area contributed by atoms with E-state index in [4.69, 9.17) is 24.9 Å². The van der Waals surface area contributed by atoms with Gasteiger partial charge in [-0.3, -0.25) is 0 Å². The maximum Gasteiger partial charge on any atom is 0.164 e. The third kappa shape index (κ3) is 6.35. The average molecular weight is 722 g/mol. The molecule has 0 amide bonds. The topological polar surface area (TPSA) is 64.5 Å². The van der Waals surface area contributed by atoms with Gasteiger partial charge >= 0.3 is 0 Å². The van der Waals surface area contributed by atoms with Crippen molar-refractivity contribution in [2.75, 3.05) is 0 Å². The first-order valence-corrected chi connectivity index (χ1v) is 19.0. The minimum absolute atomic E-state index is 0.631. The van der Waals surface area contributed by atoms with Crippen molar-refractivity contribution < 1.29 is 0 Å². The molecule has 0 fully saturated rings. The van der Waals surface area contributed by atoms with Crippen LogP contribution in [0.15, 0.2) is 188 Å². The second-order valence-electron chi connectivity index (χ2n) is 13.3. The van der Waals surface area contributed by atoms with E-state index in [-0.39, 0.29) is 0 Å². The van der Waals surface area contributed by atoms with Crippen molar-refractivity contribution in [2.45, 2.75) is 0 Å². The minimum Gasteiger partial charge on any atom is -0.228 e. The lowest BCUT2D eigenvalue weighted by molar-refractivity contribution is 1.08. The van der Waals surface area contributed by atoms with E-state index < -0.39 is 0 Å². The van der Waals surface area contributed by atoms with Crippen molar-refractivity contribution >= 4 is 31.5 Å². The van der Waals surface area contributed by atoms with Gasteiger partial charge in [-0.2, -0.15) is 0 Å². The Kier molecular flexibility index (Phi) is 8.28. The zero-order valence-corrected chi connectivity index (χ0v) is 30.4. The molecule has 0 aliphatic rings. The fourth-order valence-corrected chi connectivity index (χ4v) is 8.20. The normalized spacial score (nSPS) is 11.3. The highest BCUT2D eigenvalue weighted by Gasteiger charge is 2.18. The molecule has 258 valence electrons. The molecule has 5 nitrogen and oxygen atoms in total. The molecule has 0 saturated carbocycles. The van der Waals surface area contributed by atoms with Gasteiger partial charge in [-0.25, -0.2) is 24.9 Å². The van der Waals surface area contributed by atoms with E-state index in [1.807, 2.05) is 72.8 Å². The molecule has 0 spiro atoms. The SMILES string of the molecule is c1ccc(-c2ccc(-c3nc(-c4ccccc4)nc(-c4cccc5sc6cc(-c7nc(-c8ccccc8)cc(-c8ccccc8)n7)ccc6c45)n3)cc2)cc1. The summed E-state index contributed by atoms with van der Waals surface area (Å²) in [5.74, 6) is 2.59. The van der Waals surface area contributed by atoms with Crippen molar-refractivity contribution in [3.05, 3.63) is 188 Å². The van der Waals surface area contributed by atoms with Crippen LogP contribution in [0.2, 0.25) is 0 Å². The Morgan fingerprint density at radius 2 is 0.745 bits per heavy atom. The number of thiophene rings is 1. The fraction of sp³-hybridized carbons (Fsp3) is 0. The number of aromatic nitrogens is 5. The highest BCUT2D eigenvalue weighted by molar-refractivity contribution is 7.26. The summed E-state index contributed by atoms with van der Waals surface area (Å²) >= 11 is 1.75. The molecular formula is C49H31N5S. The van der Waals surface area contributed by atoms with Crippen molar-refractivity contribution in [3.8, 4) is 79.2 Å². The van der Waals surface area contributed by atoms with Crippen LogP contribution in [-0.2, 0) is 0 Å². The molecule has 0 N–H and O–H groups in total. The average Bonchev–Trinajstić information content (AvgIpc) is 3.66. The van der Waals surface area contributed by atoms with Crippen LogP contribution in [0.4, 0.5) is 0 Å². The number of nitrogens with zero attached hydrogens (tertiary/aromatic N) is 5. The summed E-state index contributed by atoms with van der Waals surface area (Å²) < 4.78 is 2.30. The van der Waals surface area contributed by atoms with Crippen molar-refractivity contribution in [1.82, 2.24) is 24.9 Å². The maximum atomic E-state index is 5.14. The van der Waals surface area contributed by atoms with E-state index >= 15 is 0 Å². The molecule has 55 heavy (non-hydrogen) atoms. The predicted octanol–water partition coefficient (Wildman–Crippen LogP) is 12.7. The van der Waals surface area contributed by atoms with Gasteiger partial charge < -0.3 is 0 Å². The molecular weight excluding hydrogens is 691 g/mol. The predicted molar refractivity (Wildman–Crippen MR) is 226 cm³/mol. The molecule has 0 unspecified atom stereocenters. The van der Waals surface area contributed by atoms with Crippen LogP contribution >= 0.6 is 11.3 Å². The van der Waals surface area contributed by atoms with Crippen LogP contribution in [0, 0.1) is 0 Å². The molecule has 0 radical (unpaired) electrons. The number of rotatable bonds is 7. The molecule has 3 heterocycles. The molecule has 0 bridgehead atoms. The van der Waals surface area contributed by atoms with Gasteiger partial charge in [0.1, 0.15) is 0 Å². The highest BCUT2D eigenvalue weighted by atomic mass is 32.1. The van der Waals surface area contributed by atoms with Crippen LogP contribution in [-0.4, -0.2) is 24.9 Å². The van der Waals surface area contributed by atoms with Crippen molar-refractivity contribution in [1.29, 1.82) is 0 Å². The second-order valence-corrected chi connectivity index (χ2v) is 14.4. The summed E-state index contributed by atoms with van der Waals surface area (Å²) in [6, 6.07) is 64.5. The first-order chi connectivity index (χ1) is 27.2. The first kappa shape index (κ1) is 32.5. The van der Waals surface area contributed by atoms with Gasteiger partial charge in [-0.1, -0.05) is 170 Å². The zero-order chi connectivity index (χ0) is 36.6. The molecule has 0 atom stereocenters. The summed E-state index contributed by atoms with van der Waals surface area (Å²) in [6.07, 6.45) is 0. The number of benzene rings is 7. The minimum atomic E-state index is 0.631. The Bertz CT molecular complexity index is 2890. The van der Waals surface area contributed by atoms with E-state index in [1.165, 1.54) is 5.56 Å².